The number of carbonyl (C=O) groups excluding carboxylic acids is 1. The molecule has 2 aromatic heterocycles. The van der Waals surface area contributed by atoms with Gasteiger partial charge in [-0.25, -0.2) is 9.67 Å². The topological polar surface area (TPSA) is 66.3 Å². The van der Waals surface area contributed by atoms with Gasteiger partial charge in [-0.05, 0) is 48.4 Å². The number of pyridine rings is 1. The van der Waals surface area contributed by atoms with Crippen LogP contribution in [0.25, 0.3) is 5.82 Å². The Hall–Kier alpha value is -3.97. The molecule has 7 nitrogen and oxygen atoms in total. The van der Waals surface area contributed by atoms with Gasteiger partial charge in [0.25, 0.3) is 5.91 Å². The van der Waals surface area contributed by atoms with Crippen molar-refractivity contribution in [2.75, 3.05) is 36.4 Å². The number of carbonyl (C=O) groups is 1. The van der Waals surface area contributed by atoms with Crippen LogP contribution in [0.4, 0.5) is 11.4 Å². The minimum absolute atomic E-state index is 0.161. The van der Waals surface area contributed by atoms with Crippen LogP contribution >= 0.6 is 0 Å². The average molecular weight is 467 g/mol. The maximum absolute atomic E-state index is 13.0. The zero-order chi connectivity index (χ0) is 24.0. The van der Waals surface area contributed by atoms with Crippen LogP contribution < -0.4 is 10.2 Å². The van der Waals surface area contributed by atoms with Crippen molar-refractivity contribution >= 4 is 17.3 Å². The maximum Gasteiger partial charge on any atom is 0.259 e. The van der Waals surface area contributed by atoms with E-state index >= 15 is 0 Å². The van der Waals surface area contributed by atoms with Crippen LogP contribution in [-0.2, 0) is 13.0 Å². The first kappa shape index (κ1) is 22.8. The Morgan fingerprint density at radius 2 is 1.66 bits per heavy atom. The van der Waals surface area contributed by atoms with E-state index in [0.717, 1.165) is 44.1 Å². The molecular weight excluding hydrogens is 436 g/mol. The van der Waals surface area contributed by atoms with E-state index in [9.17, 15) is 4.79 Å². The van der Waals surface area contributed by atoms with Crippen LogP contribution in [-0.4, -0.2) is 51.8 Å². The molecule has 0 bridgehead atoms. The molecule has 0 aliphatic carbocycles. The van der Waals surface area contributed by atoms with Crippen LogP contribution in [0.15, 0.2) is 85.2 Å². The fraction of sp³-hybridized carbons (Fsp3) is 0.250. The first-order valence-electron chi connectivity index (χ1n) is 12.1. The first-order chi connectivity index (χ1) is 17.2. The smallest absolute Gasteiger partial charge is 0.259 e. The summed E-state index contributed by atoms with van der Waals surface area (Å²) in [5, 5.41) is 7.43. The third-order valence-corrected chi connectivity index (χ3v) is 6.43. The summed E-state index contributed by atoms with van der Waals surface area (Å²) in [7, 11) is 0. The molecule has 0 saturated carbocycles. The Morgan fingerprint density at radius 3 is 2.34 bits per heavy atom. The van der Waals surface area contributed by atoms with Crippen molar-refractivity contribution in [2.45, 2.75) is 19.9 Å². The van der Waals surface area contributed by atoms with Gasteiger partial charge in [-0.1, -0.05) is 43.3 Å². The van der Waals surface area contributed by atoms with Crippen LogP contribution in [0, 0.1) is 0 Å². The van der Waals surface area contributed by atoms with Gasteiger partial charge in [0.05, 0.1) is 17.5 Å². The van der Waals surface area contributed by atoms with Crippen molar-refractivity contribution in [3.63, 3.8) is 0 Å². The van der Waals surface area contributed by atoms with Crippen molar-refractivity contribution < 1.29 is 4.79 Å². The Balaban J connectivity index is 1.19. The number of nitrogens with zero attached hydrogens (tertiary/aromatic N) is 5. The number of nitrogens with one attached hydrogen (secondary N) is 1. The van der Waals surface area contributed by atoms with E-state index in [4.69, 9.17) is 0 Å². The van der Waals surface area contributed by atoms with Gasteiger partial charge < -0.3 is 10.2 Å². The lowest BCUT2D eigenvalue weighted by Crippen LogP contribution is -2.45. The molecule has 178 valence electrons. The zero-order valence-electron chi connectivity index (χ0n) is 20.0. The predicted molar refractivity (Wildman–Crippen MR) is 139 cm³/mol. The summed E-state index contributed by atoms with van der Waals surface area (Å²) in [6, 6.07) is 24.4. The molecular formula is C28H30N6O. The number of hydrogen-bond acceptors (Lipinski definition) is 5. The number of amides is 1. The second-order valence-corrected chi connectivity index (χ2v) is 8.71. The standard InChI is InChI=1S/C28H30N6O/c1-2-26-25(20-30-34(26)27-10-6-7-15-29-27)28(35)31-23-11-13-24(14-12-23)33-18-16-32(17-19-33)21-22-8-4-3-5-9-22/h3-15,20H,2,16-19,21H2,1H3,(H,31,35). The third-order valence-electron chi connectivity index (χ3n) is 6.43. The van der Waals surface area contributed by atoms with Gasteiger partial charge in [0, 0.05) is 50.3 Å². The quantitative estimate of drug-likeness (QED) is 0.437. The van der Waals surface area contributed by atoms with Crippen molar-refractivity contribution in [1.82, 2.24) is 19.7 Å². The van der Waals surface area contributed by atoms with Gasteiger partial charge in [-0.15, -0.1) is 0 Å². The number of rotatable bonds is 7. The molecule has 2 aromatic carbocycles. The highest BCUT2D eigenvalue weighted by molar-refractivity contribution is 6.05. The zero-order valence-corrected chi connectivity index (χ0v) is 20.0. The minimum Gasteiger partial charge on any atom is -0.369 e. The lowest BCUT2D eigenvalue weighted by molar-refractivity contribution is 0.102. The first-order valence-corrected chi connectivity index (χ1v) is 12.1. The van der Waals surface area contributed by atoms with E-state index in [1.54, 1.807) is 17.1 Å². The van der Waals surface area contributed by atoms with Crippen LogP contribution in [0.3, 0.4) is 0 Å². The third kappa shape index (κ3) is 5.25. The van der Waals surface area contributed by atoms with Crippen molar-refractivity contribution in [1.29, 1.82) is 0 Å². The van der Waals surface area contributed by atoms with Gasteiger partial charge in [0.2, 0.25) is 0 Å². The number of anilines is 2. The molecule has 1 saturated heterocycles. The Kier molecular flexibility index (Phi) is 6.86. The SMILES string of the molecule is CCc1c(C(=O)Nc2ccc(N3CCN(Cc4ccccc4)CC3)cc2)cnn1-c1ccccn1. The van der Waals surface area contributed by atoms with E-state index < -0.39 is 0 Å². The van der Waals surface area contributed by atoms with E-state index in [2.05, 4.69) is 67.7 Å². The molecule has 0 spiro atoms. The van der Waals surface area contributed by atoms with Crippen molar-refractivity contribution in [3.05, 3.63) is 102 Å². The van der Waals surface area contributed by atoms with E-state index in [1.807, 2.05) is 37.3 Å². The molecule has 1 aliphatic rings. The van der Waals surface area contributed by atoms with Crippen LogP contribution in [0.2, 0.25) is 0 Å². The molecule has 3 heterocycles. The largest absolute Gasteiger partial charge is 0.369 e. The van der Waals surface area contributed by atoms with E-state index in [0.29, 0.717) is 17.8 Å². The number of aromatic nitrogens is 3. The Bertz CT molecular complexity index is 1250. The number of piperazine rings is 1. The molecule has 1 aliphatic heterocycles. The molecule has 1 amide bonds. The normalized spacial score (nSPS) is 14.1. The summed E-state index contributed by atoms with van der Waals surface area (Å²) in [6.07, 6.45) is 4.02. The second kappa shape index (κ2) is 10.5. The lowest BCUT2D eigenvalue weighted by Gasteiger charge is -2.36. The van der Waals surface area contributed by atoms with Gasteiger partial charge in [0.1, 0.15) is 0 Å². The van der Waals surface area contributed by atoms with Gasteiger partial charge in [-0.3, -0.25) is 9.69 Å². The molecule has 7 heteroatoms. The number of benzene rings is 2. The van der Waals surface area contributed by atoms with Gasteiger partial charge in [-0.2, -0.15) is 5.10 Å². The maximum atomic E-state index is 13.0. The van der Waals surface area contributed by atoms with Crippen molar-refractivity contribution in [3.8, 4) is 5.82 Å². The summed E-state index contributed by atoms with van der Waals surface area (Å²) in [6.45, 7) is 7.06. The molecule has 35 heavy (non-hydrogen) atoms. The summed E-state index contributed by atoms with van der Waals surface area (Å²) >= 11 is 0. The summed E-state index contributed by atoms with van der Waals surface area (Å²) in [5.41, 5.74) is 4.72. The highest BCUT2D eigenvalue weighted by atomic mass is 16.1. The Labute approximate surface area is 206 Å². The molecule has 4 aromatic rings. The van der Waals surface area contributed by atoms with Crippen LogP contribution in [0.5, 0.6) is 0 Å². The number of hydrogen-bond donors (Lipinski definition) is 1. The van der Waals surface area contributed by atoms with Gasteiger partial charge in [0.15, 0.2) is 5.82 Å². The highest BCUT2D eigenvalue weighted by Gasteiger charge is 2.19. The summed E-state index contributed by atoms with van der Waals surface area (Å²) in [5.74, 6) is 0.544. The fourth-order valence-electron chi connectivity index (χ4n) is 4.54. The average Bonchev–Trinajstić information content (AvgIpc) is 3.35. The minimum atomic E-state index is -0.161. The lowest BCUT2D eigenvalue weighted by atomic mass is 10.1. The predicted octanol–water partition coefficient (Wildman–Crippen LogP) is 4.40. The van der Waals surface area contributed by atoms with Crippen molar-refractivity contribution in [2.24, 2.45) is 0 Å². The van der Waals surface area contributed by atoms with E-state index in [-0.39, 0.29) is 5.91 Å². The fourth-order valence-corrected chi connectivity index (χ4v) is 4.54. The molecule has 5 rings (SSSR count). The highest BCUT2D eigenvalue weighted by Crippen LogP contribution is 2.22. The monoisotopic (exact) mass is 466 g/mol. The second-order valence-electron chi connectivity index (χ2n) is 8.71. The summed E-state index contributed by atoms with van der Waals surface area (Å²) in [4.78, 5) is 22.3. The van der Waals surface area contributed by atoms with E-state index in [1.165, 1.54) is 11.3 Å². The molecule has 0 unspecified atom stereocenters. The van der Waals surface area contributed by atoms with Gasteiger partial charge >= 0.3 is 0 Å². The molecule has 1 fully saturated rings. The summed E-state index contributed by atoms with van der Waals surface area (Å²) < 4.78 is 1.73. The molecule has 0 atom stereocenters. The van der Waals surface area contributed by atoms with Crippen LogP contribution in [0.1, 0.15) is 28.5 Å². The molecule has 1 N–H and O–H groups in total. The molecule has 0 radical (unpaired) electrons. The Morgan fingerprint density at radius 1 is 0.914 bits per heavy atom.